The van der Waals surface area contributed by atoms with Crippen LogP contribution in [0.4, 0.5) is 0 Å². The molecular formula is C22H22O12. The Hall–Kier alpha value is -3.58. The quantitative estimate of drug-likeness (QED) is 0.340. The minimum Gasteiger partial charge on any atom is -0.508 e. The Balaban J connectivity index is 1.63. The largest absolute Gasteiger partial charge is 0.508 e. The van der Waals surface area contributed by atoms with Crippen molar-refractivity contribution in [1.29, 1.82) is 0 Å². The fourth-order valence-electron chi connectivity index (χ4n) is 3.87. The summed E-state index contributed by atoms with van der Waals surface area (Å²) in [5, 5.41) is 59.0. The van der Waals surface area contributed by atoms with E-state index in [1.54, 1.807) is 6.07 Å². The summed E-state index contributed by atoms with van der Waals surface area (Å²) < 4.78 is 21.8. The summed E-state index contributed by atoms with van der Waals surface area (Å²) in [5.74, 6) is -2.57. The maximum atomic E-state index is 12.6. The smallest absolute Gasteiger partial charge is 0.335 e. The van der Waals surface area contributed by atoms with Gasteiger partial charge in [0.05, 0.1) is 13.5 Å². The number of aliphatic hydroxyl groups excluding tert-OH is 3. The molecule has 0 unspecified atom stereocenters. The number of phenols is 2. The zero-order valence-electron chi connectivity index (χ0n) is 17.7. The highest BCUT2D eigenvalue weighted by atomic mass is 16.7. The number of carboxylic acids is 1. The molecule has 2 aliphatic rings. The van der Waals surface area contributed by atoms with Gasteiger partial charge in [-0.1, -0.05) is 6.07 Å². The van der Waals surface area contributed by atoms with Crippen LogP contribution in [0.1, 0.15) is 28.4 Å². The van der Waals surface area contributed by atoms with Crippen LogP contribution in [-0.4, -0.2) is 80.2 Å². The summed E-state index contributed by atoms with van der Waals surface area (Å²) in [5.41, 5.74) is 0.364. The molecule has 12 heteroatoms. The first-order valence-corrected chi connectivity index (χ1v) is 10.1. The molecule has 1 saturated heterocycles. The number of aliphatic carboxylic acids is 1. The van der Waals surface area contributed by atoms with E-state index in [4.69, 9.17) is 18.9 Å². The predicted octanol–water partition coefficient (Wildman–Crippen LogP) is 0.0839. The fourth-order valence-corrected chi connectivity index (χ4v) is 3.87. The van der Waals surface area contributed by atoms with E-state index >= 15 is 0 Å². The van der Waals surface area contributed by atoms with E-state index in [0.717, 1.165) is 6.07 Å². The first kappa shape index (κ1) is 23.6. The Morgan fingerprint density at radius 3 is 2.44 bits per heavy atom. The van der Waals surface area contributed by atoms with Crippen molar-refractivity contribution < 1.29 is 59.2 Å². The minimum absolute atomic E-state index is 0.00974. The van der Waals surface area contributed by atoms with Gasteiger partial charge in [0.2, 0.25) is 6.29 Å². The highest BCUT2D eigenvalue weighted by Gasteiger charge is 2.48. The van der Waals surface area contributed by atoms with Gasteiger partial charge in [0.1, 0.15) is 47.2 Å². The maximum absolute atomic E-state index is 12.6. The number of phenolic OH excluding ortho intramolecular Hbond substituents is 2. The number of ether oxygens (including phenoxy) is 4. The summed E-state index contributed by atoms with van der Waals surface area (Å²) >= 11 is 0. The molecule has 0 amide bonds. The zero-order chi connectivity index (χ0) is 24.7. The second kappa shape index (κ2) is 8.99. The molecule has 0 bridgehead atoms. The maximum Gasteiger partial charge on any atom is 0.335 e. The Bertz CT molecular complexity index is 1120. The van der Waals surface area contributed by atoms with Crippen LogP contribution >= 0.6 is 0 Å². The fraction of sp³-hybridized carbons (Fsp3) is 0.364. The SMILES string of the molecule is COc1ccc([C@H]2CC(=O)c3c(O)cc(O)cc3O2)cc1O[C@@H]1O[C@H](C(=O)O)[C@@H](O)[C@H](O)[C@H]1O. The van der Waals surface area contributed by atoms with Gasteiger partial charge in [-0.15, -0.1) is 0 Å². The topological polar surface area (TPSA) is 192 Å². The molecule has 0 aromatic heterocycles. The molecule has 4 rings (SSSR count). The molecule has 2 aliphatic heterocycles. The minimum atomic E-state index is -1.88. The molecule has 1 fully saturated rings. The highest BCUT2D eigenvalue weighted by molar-refractivity contribution is 6.02. The molecule has 2 aromatic carbocycles. The van der Waals surface area contributed by atoms with Gasteiger partial charge >= 0.3 is 5.97 Å². The lowest BCUT2D eigenvalue weighted by atomic mass is 9.95. The van der Waals surface area contributed by atoms with Crippen LogP contribution in [0.15, 0.2) is 30.3 Å². The monoisotopic (exact) mass is 478 g/mol. The number of hydrogen-bond acceptors (Lipinski definition) is 11. The van der Waals surface area contributed by atoms with Gasteiger partial charge in [-0.3, -0.25) is 4.79 Å². The van der Waals surface area contributed by atoms with E-state index in [0.29, 0.717) is 5.56 Å². The Morgan fingerprint density at radius 2 is 1.76 bits per heavy atom. The normalized spacial score (nSPS) is 28.5. The second-order valence-corrected chi connectivity index (χ2v) is 7.84. The zero-order valence-corrected chi connectivity index (χ0v) is 17.7. The summed E-state index contributed by atoms with van der Waals surface area (Å²) in [7, 11) is 1.33. The molecule has 34 heavy (non-hydrogen) atoms. The molecule has 6 atom stereocenters. The molecule has 0 aliphatic carbocycles. The van der Waals surface area contributed by atoms with E-state index < -0.39 is 54.3 Å². The number of carbonyl (C=O) groups excluding carboxylic acids is 1. The number of methoxy groups -OCH3 is 1. The Kier molecular flexibility index (Phi) is 6.23. The van der Waals surface area contributed by atoms with Gasteiger partial charge in [0, 0.05) is 12.1 Å². The average Bonchev–Trinajstić information content (AvgIpc) is 2.78. The molecule has 182 valence electrons. The molecular weight excluding hydrogens is 456 g/mol. The van der Waals surface area contributed by atoms with Crippen molar-refractivity contribution in [3.8, 4) is 28.7 Å². The summed E-state index contributed by atoms with van der Waals surface area (Å²) in [4.78, 5) is 23.9. The number of hydrogen-bond donors (Lipinski definition) is 6. The van der Waals surface area contributed by atoms with Crippen LogP contribution in [0.2, 0.25) is 0 Å². The molecule has 2 aromatic rings. The molecule has 0 saturated carbocycles. The standard InChI is InChI=1S/C22H22O12/c1-31-12-3-2-8(13-7-11(25)16-10(24)5-9(23)6-15(16)32-13)4-14(12)33-22-19(28)17(26)18(27)20(34-22)21(29)30/h2-6,13,17-20,22-24,26-28H,7H2,1H3,(H,29,30)/t13-,17+,18+,19-,20+,22-/m1/s1. The number of fused-ring (bicyclic) bond motifs is 1. The molecule has 6 N–H and O–H groups in total. The first-order valence-electron chi connectivity index (χ1n) is 10.1. The number of benzene rings is 2. The van der Waals surface area contributed by atoms with Crippen molar-refractivity contribution >= 4 is 11.8 Å². The molecule has 12 nitrogen and oxygen atoms in total. The number of Topliss-reactive ketones (excluding diaryl/α,β-unsaturated/α-hetero) is 1. The number of aliphatic hydroxyl groups is 3. The van der Waals surface area contributed by atoms with Crippen molar-refractivity contribution in [2.24, 2.45) is 0 Å². The second-order valence-electron chi connectivity index (χ2n) is 7.84. The third-order valence-electron chi connectivity index (χ3n) is 5.60. The van der Waals surface area contributed by atoms with Crippen LogP contribution in [0.25, 0.3) is 0 Å². The van der Waals surface area contributed by atoms with Gasteiger partial charge in [0.25, 0.3) is 0 Å². The summed E-state index contributed by atoms with van der Waals surface area (Å²) in [6.45, 7) is 0. The number of ketones is 1. The van der Waals surface area contributed by atoms with E-state index in [1.165, 1.54) is 25.3 Å². The van der Waals surface area contributed by atoms with Crippen LogP contribution < -0.4 is 14.2 Å². The van der Waals surface area contributed by atoms with E-state index in [-0.39, 0.29) is 35.0 Å². The van der Waals surface area contributed by atoms with Crippen molar-refractivity contribution in [1.82, 2.24) is 0 Å². The number of rotatable bonds is 5. The van der Waals surface area contributed by atoms with Gasteiger partial charge in [-0.25, -0.2) is 4.79 Å². The van der Waals surface area contributed by atoms with E-state index in [1.807, 2.05) is 0 Å². The van der Waals surface area contributed by atoms with Crippen molar-refractivity contribution in [3.05, 3.63) is 41.5 Å². The number of aromatic hydroxyl groups is 2. The number of carbonyl (C=O) groups is 2. The van der Waals surface area contributed by atoms with Crippen LogP contribution in [-0.2, 0) is 9.53 Å². The van der Waals surface area contributed by atoms with Crippen molar-refractivity contribution in [2.45, 2.75) is 43.2 Å². The number of carboxylic acid groups (broad SMARTS) is 1. The Labute approximate surface area is 192 Å². The average molecular weight is 478 g/mol. The van der Waals surface area contributed by atoms with Crippen molar-refractivity contribution in [2.75, 3.05) is 7.11 Å². The van der Waals surface area contributed by atoms with Gasteiger partial charge in [-0.2, -0.15) is 0 Å². The van der Waals surface area contributed by atoms with Crippen LogP contribution in [0.5, 0.6) is 28.7 Å². The highest BCUT2D eigenvalue weighted by Crippen LogP contribution is 2.43. The molecule has 0 radical (unpaired) electrons. The first-order chi connectivity index (χ1) is 16.1. The van der Waals surface area contributed by atoms with Gasteiger partial charge in [-0.05, 0) is 17.7 Å². The third-order valence-corrected chi connectivity index (χ3v) is 5.60. The predicted molar refractivity (Wildman–Crippen MR) is 110 cm³/mol. The molecule has 2 heterocycles. The lowest BCUT2D eigenvalue weighted by molar-refractivity contribution is -0.271. The summed E-state index contributed by atoms with van der Waals surface area (Å²) in [6, 6.07) is 6.70. The lowest BCUT2D eigenvalue weighted by Gasteiger charge is -2.38. The van der Waals surface area contributed by atoms with E-state index in [9.17, 15) is 40.2 Å². The van der Waals surface area contributed by atoms with Gasteiger partial charge < -0.3 is 49.6 Å². The van der Waals surface area contributed by atoms with Crippen LogP contribution in [0.3, 0.4) is 0 Å². The van der Waals surface area contributed by atoms with Crippen LogP contribution in [0, 0.1) is 0 Å². The van der Waals surface area contributed by atoms with Crippen molar-refractivity contribution in [3.63, 3.8) is 0 Å². The lowest BCUT2D eigenvalue weighted by Crippen LogP contribution is -2.61. The molecule has 0 spiro atoms. The third kappa shape index (κ3) is 4.19. The van der Waals surface area contributed by atoms with E-state index in [2.05, 4.69) is 0 Å². The van der Waals surface area contributed by atoms with Gasteiger partial charge in [0.15, 0.2) is 23.4 Å². The summed E-state index contributed by atoms with van der Waals surface area (Å²) in [6.07, 6.45) is -10.0. The Morgan fingerprint density at radius 1 is 1.03 bits per heavy atom.